The average Bonchev–Trinajstić information content (AvgIpc) is 2.90. The minimum Gasteiger partial charge on any atom is -0.462 e. The second kappa shape index (κ2) is 9.98. The summed E-state index contributed by atoms with van der Waals surface area (Å²) in [5.74, 6) is -0.590. The normalized spacial score (nSPS) is 17.5. The third-order valence-electron chi connectivity index (χ3n) is 6.63. The van der Waals surface area contributed by atoms with Gasteiger partial charge in [-0.05, 0) is 35.7 Å². The van der Waals surface area contributed by atoms with Gasteiger partial charge in [-0.2, -0.15) is 0 Å². The van der Waals surface area contributed by atoms with Crippen molar-refractivity contribution >= 4 is 11.9 Å². The molecule has 2 atom stereocenters. The SMILES string of the molecule is CCOC(=O)c1ccccc1C(=O)N1[C@H](c2ccccc2)C(c2ccccc2)[C@H]1c1ccccc1. The summed E-state index contributed by atoms with van der Waals surface area (Å²) in [5, 5.41) is 0. The Kier molecular flexibility index (Phi) is 6.44. The smallest absolute Gasteiger partial charge is 0.338 e. The lowest BCUT2D eigenvalue weighted by Gasteiger charge is -2.56. The van der Waals surface area contributed by atoms with E-state index in [1.54, 1.807) is 31.2 Å². The third kappa shape index (κ3) is 4.24. The summed E-state index contributed by atoms with van der Waals surface area (Å²) in [5.41, 5.74) is 3.96. The molecule has 1 amide bonds. The van der Waals surface area contributed by atoms with Gasteiger partial charge in [-0.3, -0.25) is 4.79 Å². The van der Waals surface area contributed by atoms with Crippen LogP contribution in [-0.4, -0.2) is 23.4 Å². The second-order valence-corrected chi connectivity index (χ2v) is 8.63. The Morgan fingerprint density at radius 3 is 1.54 bits per heavy atom. The van der Waals surface area contributed by atoms with Gasteiger partial charge in [-0.15, -0.1) is 0 Å². The van der Waals surface area contributed by atoms with Crippen LogP contribution in [0.2, 0.25) is 0 Å². The first-order valence-electron chi connectivity index (χ1n) is 11.9. The van der Waals surface area contributed by atoms with E-state index in [1.165, 1.54) is 5.56 Å². The van der Waals surface area contributed by atoms with Gasteiger partial charge in [-0.1, -0.05) is 103 Å². The van der Waals surface area contributed by atoms with Crippen LogP contribution < -0.4 is 0 Å². The summed E-state index contributed by atoms with van der Waals surface area (Å²) < 4.78 is 5.25. The molecular formula is C31H27NO3. The monoisotopic (exact) mass is 461 g/mol. The fraction of sp³-hybridized carbons (Fsp3) is 0.161. The first-order valence-corrected chi connectivity index (χ1v) is 11.9. The quantitative estimate of drug-likeness (QED) is 0.305. The van der Waals surface area contributed by atoms with E-state index in [0.29, 0.717) is 11.1 Å². The van der Waals surface area contributed by atoms with Gasteiger partial charge in [0.15, 0.2) is 0 Å². The number of hydrogen-bond donors (Lipinski definition) is 0. The van der Waals surface area contributed by atoms with E-state index >= 15 is 0 Å². The molecule has 4 nitrogen and oxygen atoms in total. The predicted octanol–water partition coefficient (Wildman–Crippen LogP) is 6.59. The summed E-state index contributed by atoms with van der Waals surface area (Å²) >= 11 is 0. The summed E-state index contributed by atoms with van der Waals surface area (Å²) in [4.78, 5) is 28.8. The lowest BCUT2D eigenvalue weighted by Crippen LogP contribution is -2.53. The molecular weight excluding hydrogens is 434 g/mol. The summed E-state index contributed by atoms with van der Waals surface area (Å²) in [6.45, 7) is 2.01. The van der Waals surface area contributed by atoms with E-state index in [2.05, 4.69) is 36.4 Å². The van der Waals surface area contributed by atoms with Crippen LogP contribution in [0.1, 0.15) is 62.3 Å². The molecule has 0 unspecified atom stereocenters. The van der Waals surface area contributed by atoms with E-state index in [1.807, 2.05) is 59.5 Å². The third-order valence-corrected chi connectivity index (χ3v) is 6.63. The van der Waals surface area contributed by atoms with Crippen LogP contribution in [0.3, 0.4) is 0 Å². The summed E-state index contributed by atoms with van der Waals surface area (Å²) in [6.07, 6.45) is 0. The standard InChI is InChI=1S/C31H27NO3/c1-2-35-31(34)26-21-13-12-20-25(26)30(33)32-28(23-16-8-4-9-17-23)27(22-14-6-3-7-15-22)29(32)24-18-10-5-11-19-24/h3-21,27-29H,2H2,1H3/t28-,29-/m1/s1. The van der Waals surface area contributed by atoms with Crippen molar-refractivity contribution in [2.45, 2.75) is 24.9 Å². The number of benzene rings is 4. The minimum absolute atomic E-state index is 0.0692. The topological polar surface area (TPSA) is 46.6 Å². The van der Waals surface area contributed by atoms with Crippen LogP contribution in [-0.2, 0) is 4.74 Å². The van der Waals surface area contributed by atoms with Crippen LogP contribution in [0.4, 0.5) is 0 Å². The molecule has 174 valence electrons. The molecule has 0 aliphatic carbocycles. The maximum atomic E-state index is 14.2. The maximum Gasteiger partial charge on any atom is 0.338 e. The largest absolute Gasteiger partial charge is 0.462 e. The Bertz CT molecular complexity index is 1260. The Hall–Kier alpha value is -4.18. The van der Waals surface area contributed by atoms with Gasteiger partial charge >= 0.3 is 5.97 Å². The zero-order chi connectivity index (χ0) is 24.2. The van der Waals surface area contributed by atoms with E-state index < -0.39 is 5.97 Å². The van der Waals surface area contributed by atoms with Gasteiger partial charge < -0.3 is 9.64 Å². The molecule has 0 saturated carbocycles. The molecule has 1 fully saturated rings. The average molecular weight is 462 g/mol. The van der Waals surface area contributed by atoms with Crippen molar-refractivity contribution in [3.63, 3.8) is 0 Å². The van der Waals surface area contributed by atoms with Gasteiger partial charge in [0.2, 0.25) is 0 Å². The maximum absolute atomic E-state index is 14.2. The molecule has 1 heterocycles. The Balaban J connectivity index is 1.65. The second-order valence-electron chi connectivity index (χ2n) is 8.63. The van der Waals surface area contributed by atoms with E-state index in [-0.39, 0.29) is 30.5 Å². The first kappa shape index (κ1) is 22.6. The molecule has 0 N–H and O–H groups in total. The number of ether oxygens (including phenoxy) is 1. The molecule has 4 heteroatoms. The van der Waals surface area contributed by atoms with E-state index in [9.17, 15) is 9.59 Å². The lowest BCUT2D eigenvalue weighted by molar-refractivity contribution is -0.00617. The molecule has 1 aliphatic rings. The van der Waals surface area contributed by atoms with Crippen molar-refractivity contribution < 1.29 is 14.3 Å². The molecule has 0 aromatic heterocycles. The number of amides is 1. The number of carbonyl (C=O) groups is 2. The van der Waals surface area contributed by atoms with Crippen LogP contribution >= 0.6 is 0 Å². The van der Waals surface area contributed by atoms with Crippen LogP contribution in [0.25, 0.3) is 0 Å². The number of esters is 1. The van der Waals surface area contributed by atoms with Gasteiger partial charge in [0.25, 0.3) is 5.91 Å². The fourth-order valence-electron chi connectivity index (χ4n) is 5.11. The molecule has 1 aliphatic heterocycles. The molecule has 5 rings (SSSR count). The number of hydrogen-bond acceptors (Lipinski definition) is 3. The van der Waals surface area contributed by atoms with Crippen LogP contribution in [0.5, 0.6) is 0 Å². The molecule has 4 aromatic rings. The van der Waals surface area contributed by atoms with Crippen molar-refractivity contribution in [1.82, 2.24) is 4.90 Å². The van der Waals surface area contributed by atoms with Crippen molar-refractivity contribution in [2.24, 2.45) is 0 Å². The number of rotatable bonds is 6. The van der Waals surface area contributed by atoms with Crippen LogP contribution in [0, 0.1) is 0 Å². The highest BCUT2D eigenvalue weighted by Crippen LogP contribution is 2.58. The van der Waals surface area contributed by atoms with Gasteiger partial charge in [0.1, 0.15) is 0 Å². The predicted molar refractivity (Wildman–Crippen MR) is 136 cm³/mol. The molecule has 35 heavy (non-hydrogen) atoms. The van der Waals surface area contributed by atoms with Crippen molar-refractivity contribution in [1.29, 1.82) is 0 Å². The number of nitrogens with zero attached hydrogens (tertiary/aromatic N) is 1. The summed E-state index contributed by atoms with van der Waals surface area (Å²) in [6, 6.07) is 37.2. The minimum atomic E-state index is -0.482. The molecule has 0 bridgehead atoms. The zero-order valence-electron chi connectivity index (χ0n) is 19.6. The van der Waals surface area contributed by atoms with Gasteiger partial charge in [-0.25, -0.2) is 4.79 Å². The van der Waals surface area contributed by atoms with Crippen LogP contribution in [0.15, 0.2) is 115 Å². The molecule has 4 aromatic carbocycles. The Labute approximate surface area is 205 Å². The zero-order valence-corrected chi connectivity index (χ0v) is 19.6. The van der Waals surface area contributed by atoms with E-state index in [0.717, 1.165) is 11.1 Å². The Morgan fingerprint density at radius 2 is 1.06 bits per heavy atom. The summed E-state index contributed by atoms with van der Waals surface area (Å²) in [7, 11) is 0. The highest BCUT2D eigenvalue weighted by Gasteiger charge is 2.53. The van der Waals surface area contributed by atoms with Crippen molar-refractivity contribution in [3.8, 4) is 0 Å². The first-order chi connectivity index (χ1) is 17.2. The molecule has 0 radical (unpaired) electrons. The number of likely N-dealkylation sites (tertiary alicyclic amines) is 1. The lowest BCUT2D eigenvalue weighted by atomic mass is 9.69. The fourth-order valence-corrected chi connectivity index (χ4v) is 5.11. The van der Waals surface area contributed by atoms with Gasteiger partial charge in [0, 0.05) is 5.92 Å². The molecule has 0 spiro atoms. The molecule has 1 saturated heterocycles. The number of carbonyl (C=O) groups excluding carboxylic acids is 2. The van der Waals surface area contributed by atoms with Gasteiger partial charge in [0.05, 0.1) is 29.8 Å². The highest BCUT2D eigenvalue weighted by molar-refractivity contribution is 6.06. The van der Waals surface area contributed by atoms with E-state index in [4.69, 9.17) is 4.74 Å². The van der Waals surface area contributed by atoms with Crippen molar-refractivity contribution in [2.75, 3.05) is 6.61 Å². The Morgan fingerprint density at radius 1 is 0.629 bits per heavy atom. The highest BCUT2D eigenvalue weighted by atomic mass is 16.5. The van der Waals surface area contributed by atoms with Crippen molar-refractivity contribution in [3.05, 3.63) is 143 Å².